The lowest BCUT2D eigenvalue weighted by Crippen LogP contribution is -2.46. The van der Waals surface area contributed by atoms with E-state index in [0.717, 1.165) is 18.6 Å². The van der Waals surface area contributed by atoms with Crippen LogP contribution in [0, 0.1) is 0 Å². The van der Waals surface area contributed by atoms with Crippen molar-refractivity contribution in [2.75, 3.05) is 26.2 Å². The fourth-order valence-corrected chi connectivity index (χ4v) is 2.30. The Hall–Kier alpha value is -1.18. The second kappa shape index (κ2) is 7.72. The van der Waals surface area contributed by atoms with Gasteiger partial charge in [0.2, 0.25) is 0 Å². The number of hydroxylamine groups is 2. The molecular formula is C13H18Cl2N4O2. The molecule has 2 aromatic rings. The van der Waals surface area contributed by atoms with Crippen molar-refractivity contribution in [1.82, 2.24) is 19.5 Å². The van der Waals surface area contributed by atoms with Crippen LogP contribution in [-0.4, -0.2) is 50.9 Å². The number of rotatable bonds is 2. The molecule has 0 radical (unpaired) electrons. The van der Waals surface area contributed by atoms with Gasteiger partial charge in [0.15, 0.2) is 0 Å². The van der Waals surface area contributed by atoms with Gasteiger partial charge in [0.05, 0.1) is 23.9 Å². The van der Waals surface area contributed by atoms with E-state index in [1.807, 2.05) is 18.2 Å². The minimum atomic E-state index is -0.0166. The molecule has 2 heterocycles. The number of hydrogen-bond donors (Lipinski definition) is 1. The summed E-state index contributed by atoms with van der Waals surface area (Å²) in [6.07, 6.45) is 1.59. The number of para-hydroxylation sites is 1. The zero-order valence-corrected chi connectivity index (χ0v) is 13.0. The van der Waals surface area contributed by atoms with E-state index in [0.29, 0.717) is 25.1 Å². The Kier molecular flexibility index (Phi) is 6.57. The van der Waals surface area contributed by atoms with Crippen molar-refractivity contribution < 1.29 is 5.21 Å². The highest BCUT2D eigenvalue weighted by Crippen LogP contribution is 2.06. The zero-order chi connectivity index (χ0) is 13.2. The van der Waals surface area contributed by atoms with Gasteiger partial charge in [0, 0.05) is 26.2 Å². The van der Waals surface area contributed by atoms with Crippen LogP contribution < -0.4 is 5.56 Å². The van der Waals surface area contributed by atoms with Crippen molar-refractivity contribution in [3.8, 4) is 0 Å². The first kappa shape index (κ1) is 17.9. The molecule has 1 aliphatic heterocycles. The summed E-state index contributed by atoms with van der Waals surface area (Å²) in [5.41, 5.74) is 0.709. The van der Waals surface area contributed by atoms with Gasteiger partial charge < -0.3 is 5.21 Å². The molecule has 1 aliphatic rings. The first-order chi connectivity index (χ1) is 9.24. The number of aromatic nitrogens is 2. The lowest BCUT2D eigenvalue weighted by molar-refractivity contribution is -0.120. The number of fused-ring (bicyclic) bond motifs is 1. The number of piperazine rings is 1. The van der Waals surface area contributed by atoms with E-state index in [1.54, 1.807) is 17.0 Å². The van der Waals surface area contributed by atoms with Gasteiger partial charge in [-0.15, -0.1) is 24.8 Å². The molecule has 8 heteroatoms. The zero-order valence-electron chi connectivity index (χ0n) is 11.4. The van der Waals surface area contributed by atoms with Gasteiger partial charge in [0.25, 0.3) is 5.56 Å². The summed E-state index contributed by atoms with van der Waals surface area (Å²) < 4.78 is 1.62. The molecule has 1 aromatic heterocycles. The van der Waals surface area contributed by atoms with Crippen LogP contribution in [0.1, 0.15) is 0 Å². The van der Waals surface area contributed by atoms with Crippen molar-refractivity contribution >= 4 is 35.7 Å². The predicted octanol–water partition coefficient (Wildman–Crippen LogP) is 1.20. The quantitative estimate of drug-likeness (QED) is 0.895. The molecule has 0 saturated carbocycles. The van der Waals surface area contributed by atoms with Crippen molar-refractivity contribution in [3.05, 3.63) is 40.9 Å². The second-order valence-corrected chi connectivity index (χ2v) is 4.75. The molecule has 1 fully saturated rings. The highest BCUT2D eigenvalue weighted by atomic mass is 35.5. The highest BCUT2D eigenvalue weighted by molar-refractivity contribution is 5.85. The predicted molar refractivity (Wildman–Crippen MR) is 85.4 cm³/mol. The first-order valence-corrected chi connectivity index (χ1v) is 6.34. The number of nitrogens with zero attached hydrogens (tertiary/aromatic N) is 4. The van der Waals surface area contributed by atoms with Crippen molar-refractivity contribution in [1.29, 1.82) is 0 Å². The molecule has 3 rings (SSSR count). The standard InChI is InChI=1S/C13H16N4O2.2ClH/c18-13-11-3-1-2-4-12(11)14-9-16(13)10-15-5-7-17(19)8-6-15;;/h1-4,9,19H,5-8,10H2;2*1H. The molecule has 1 saturated heterocycles. The van der Waals surface area contributed by atoms with E-state index in [1.165, 1.54) is 5.06 Å². The fourth-order valence-electron chi connectivity index (χ4n) is 2.30. The van der Waals surface area contributed by atoms with Gasteiger partial charge in [-0.05, 0) is 12.1 Å². The van der Waals surface area contributed by atoms with Crippen molar-refractivity contribution in [2.45, 2.75) is 6.67 Å². The molecule has 116 valence electrons. The van der Waals surface area contributed by atoms with Gasteiger partial charge in [-0.2, -0.15) is 5.06 Å². The summed E-state index contributed by atoms with van der Waals surface area (Å²) in [6.45, 7) is 3.22. The topological polar surface area (TPSA) is 61.6 Å². The number of hydrogen-bond acceptors (Lipinski definition) is 5. The van der Waals surface area contributed by atoms with Crippen LogP contribution in [0.4, 0.5) is 0 Å². The van der Waals surface area contributed by atoms with Gasteiger partial charge in [-0.1, -0.05) is 12.1 Å². The third kappa shape index (κ3) is 3.93. The molecule has 0 aliphatic carbocycles. The van der Waals surface area contributed by atoms with Crippen LogP contribution in [0.3, 0.4) is 0 Å². The van der Waals surface area contributed by atoms with E-state index in [2.05, 4.69) is 9.88 Å². The van der Waals surface area contributed by atoms with E-state index < -0.39 is 0 Å². The lowest BCUT2D eigenvalue weighted by atomic mass is 10.2. The highest BCUT2D eigenvalue weighted by Gasteiger charge is 2.15. The Morgan fingerprint density at radius 3 is 2.48 bits per heavy atom. The van der Waals surface area contributed by atoms with Gasteiger partial charge in [-0.25, -0.2) is 4.98 Å². The molecule has 0 amide bonds. The summed E-state index contributed by atoms with van der Waals surface area (Å²) in [5, 5.41) is 11.3. The molecule has 1 aromatic carbocycles. The maximum absolute atomic E-state index is 12.3. The second-order valence-electron chi connectivity index (χ2n) is 4.75. The van der Waals surface area contributed by atoms with Crippen LogP contribution in [0.2, 0.25) is 0 Å². The van der Waals surface area contributed by atoms with Crippen LogP contribution in [0.15, 0.2) is 35.4 Å². The Labute approximate surface area is 134 Å². The Balaban J connectivity index is 0.00000110. The van der Waals surface area contributed by atoms with Crippen LogP contribution in [0.5, 0.6) is 0 Å². The largest absolute Gasteiger partial charge is 0.314 e. The fraction of sp³-hybridized carbons (Fsp3) is 0.385. The minimum Gasteiger partial charge on any atom is -0.314 e. The van der Waals surface area contributed by atoms with E-state index >= 15 is 0 Å². The molecule has 21 heavy (non-hydrogen) atoms. The smallest absolute Gasteiger partial charge is 0.262 e. The third-order valence-electron chi connectivity index (χ3n) is 3.43. The molecule has 6 nitrogen and oxygen atoms in total. The average molecular weight is 333 g/mol. The normalized spacial score (nSPS) is 16.2. The van der Waals surface area contributed by atoms with E-state index in [4.69, 9.17) is 0 Å². The van der Waals surface area contributed by atoms with Gasteiger partial charge >= 0.3 is 0 Å². The van der Waals surface area contributed by atoms with Crippen LogP contribution in [0.25, 0.3) is 10.9 Å². The maximum atomic E-state index is 12.3. The SMILES string of the molecule is Cl.Cl.O=c1c2ccccc2ncn1CN1CCN(O)CC1. The molecule has 1 N–H and O–H groups in total. The van der Waals surface area contributed by atoms with Gasteiger partial charge in [0.1, 0.15) is 0 Å². The maximum Gasteiger partial charge on any atom is 0.262 e. The Morgan fingerprint density at radius 1 is 1.10 bits per heavy atom. The lowest BCUT2D eigenvalue weighted by Gasteiger charge is -2.31. The van der Waals surface area contributed by atoms with Crippen LogP contribution in [-0.2, 0) is 6.67 Å². The minimum absolute atomic E-state index is 0. The van der Waals surface area contributed by atoms with Crippen molar-refractivity contribution in [2.24, 2.45) is 0 Å². The summed E-state index contributed by atoms with van der Waals surface area (Å²) in [6, 6.07) is 7.36. The molecule has 0 unspecified atom stereocenters. The Morgan fingerprint density at radius 2 is 1.76 bits per heavy atom. The monoisotopic (exact) mass is 332 g/mol. The van der Waals surface area contributed by atoms with Gasteiger partial charge in [-0.3, -0.25) is 14.3 Å². The third-order valence-corrected chi connectivity index (χ3v) is 3.43. The average Bonchev–Trinajstić information content (AvgIpc) is 2.45. The molecule has 0 spiro atoms. The van der Waals surface area contributed by atoms with Crippen LogP contribution >= 0.6 is 24.8 Å². The Bertz CT molecular complexity index is 641. The summed E-state index contributed by atoms with van der Waals surface area (Å²) in [4.78, 5) is 18.7. The molecular weight excluding hydrogens is 315 g/mol. The van der Waals surface area contributed by atoms with E-state index in [-0.39, 0.29) is 30.4 Å². The summed E-state index contributed by atoms with van der Waals surface area (Å²) >= 11 is 0. The number of halogens is 2. The molecule has 0 atom stereocenters. The number of benzene rings is 1. The first-order valence-electron chi connectivity index (χ1n) is 6.34. The van der Waals surface area contributed by atoms with Crippen molar-refractivity contribution in [3.63, 3.8) is 0 Å². The summed E-state index contributed by atoms with van der Waals surface area (Å²) in [5.74, 6) is 0. The van der Waals surface area contributed by atoms with E-state index in [9.17, 15) is 10.0 Å². The summed E-state index contributed by atoms with van der Waals surface area (Å²) in [7, 11) is 0. The molecule has 0 bridgehead atoms.